The molecule has 0 radical (unpaired) electrons. The Morgan fingerprint density at radius 3 is 2.43 bits per heavy atom. The fraction of sp³-hybridized carbons (Fsp3) is 0.857. The molecule has 0 aromatic heterocycles. The highest BCUT2D eigenvalue weighted by atomic mass is 16.5. The SMILES string of the molecule is CCC1C=C2CC(O)CC[C@]2(C)[C@@H]2CC[C@]3(C)C(C4(OC)CCCCC4)=CC[C@H]3[C@H]12. The van der Waals surface area contributed by atoms with Crippen molar-refractivity contribution in [3.8, 4) is 0 Å². The number of rotatable bonds is 3. The molecule has 0 saturated heterocycles. The van der Waals surface area contributed by atoms with Gasteiger partial charge in [0, 0.05) is 7.11 Å². The molecule has 0 heterocycles. The quantitative estimate of drug-likeness (QED) is 0.515. The lowest BCUT2D eigenvalue weighted by molar-refractivity contribution is -0.0752. The first kappa shape index (κ1) is 21.3. The van der Waals surface area contributed by atoms with Crippen molar-refractivity contribution < 1.29 is 9.84 Å². The van der Waals surface area contributed by atoms with Crippen LogP contribution in [0.5, 0.6) is 0 Å². The van der Waals surface area contributed by atoms with E-state index in [2.05, 4.69) is 32.9 Å². The molecule has 0 aliphatic heterocycles. The highest BCUT2D eigenvalue weighted by Gasteiger charge is 2.61. The van der Waals surface area contributed by atoms with Crippen molar-refractivity contribution in [2.75, 3.05) is 7.11 Å². The van der Waals surface area contributed by atoms with Gasteiger partial charge in [0.05, 0.1) is 11.7 Å². The summed E-state index contributed by atoms with van der Waals surface area (Å²) < 4.78 is 6.38. The molecule has 2 nitrogen and oxygen atoms in total. The Morgan fingerprint density at radius 1 is 1.00 bits per heavy atom. The van der Waals surface area contributed by atoms with Crippen LogP contribution in [0.3, 0.4) is 0 Å². The van der Waals surface area contributed by atoms with E-state index in [1.165, 1.54) is 64.2 Å². The van der Waals surface area contributed by atoms with E-state index in [1.807, 2.05) is 7.11 Å². The van der Waals surface area contributed by atoms with Crippen molar-refractivity contribution in [1.82, 2.24) is 0 Å². The Bertz CT molecular complexity index is 729. The number of ether oxygens (including phenoxy) is 1. The van der Waals surface area contributed by atoms with E-state index in [-0.39, 0.29) is 11.7 Å². The first-order chi connectivity index (χ1) is 14.4. The zero-order valence-corrected chi connectivity index (χ0v) is 19.9. The van der Waals surface area contributed by atoms with Crippen LogP contribution in [-0.2, 0) is 4.74 Å². The maximum Gasteiger partial charge on any atom is 0.0893 e. The summed E-state index contributed by atoms with van der Waals surface area (Å²) in [5, 5.41) is 10.4. The fourth-order valence-corrected chi connectivity index (χ4v) is 9.18. The molecular weight excluding hydrogens is 368 g/mol. The molecule has 5 aliphatic rings. The van der Waals surface area contributed by atoms with Gasteiger partial charge in [-0.15, -0.1) is 0 Å². The molecule has 3 saturated carbocycles. The van der Waals surface area contributed by atoms with Crippen LogP contribution in [-0.4, -0.2) is 23.9 Å². The van der Waals surface area contributed by atoms with Gasteiger partial charge < -0.3 is 9.84 Å². The Kier molecular flexibility index (Phi) is 5.30. The van der Waals surface area contributed by atoms with Gasteiger partial charge in [-0.05, 0) is 97.9 Å². The molecule has 5 aliphatic carbocycles. The molecule has 5 rings (SSSR count). The maximum atomic E-state index is 10.4. The summed E-state index contributed by atoms with van der Waals surface area (Å²) in [6, 6.07) is 0. The van der Waals surface area contributed by atoms with E-state index in [0.717, 1.165) is 30.6 Å². The summed E-state index contributed by atoms with van der Waals surface area (Å²) >= 11 is 0. The molecule has 0 aromatic rings. The third kappa shape index (κ3) is 2.88. The zero-order chi connectivity index (χ0) is 21.1. The van der Waals surface area contributed by atoms with Gasteiger partial charge in [0.15, 0.2) is 0 Å². The van der Waals surface area contributed by atoms with Crippen LogP contribution >= 0.6 is 0 Å². The second-order valence-electron chi connectivity index (χ2n) is 11.9. The van der Waals surface area contributed by atoms with Crippen molar-refractivity contribution in [1.29, 1.82) is 0 Å². The van der Waals surface area contributed by atoms with E-state index >= 15 is 0 Å². The number of hydrogen-bond acceptors (Lipinski definition) is 2. The lowest BCUT2D eigenvalue weighted by Crippen LogP contribution is -2.54. The Morgan fingerprint density at radius 2 is 1.73 bits per heavy atom. The standard InChI is InChI=1S/C28H44O2/c1-5-19-17-20-18-21(29)11-15-26(20,2)23-12-16-27(3)22(25(19)23)9-10-24(27)28(30-4)13-7-6-8-14-28/h10,17,19,21-23,25,29H,5-9,11-16,18H2,1-4H3/t19?,21?,22-,23+,25-,26-,27-/m0/s1. The molecule has 7 atom stereocenters. The predicted molar refractivity (Wildman–Crippen MR) is 123 cm³/mol. The van der Waals surface area contributed by atoms with Crippen LogP contribution < -0.4 is 0 Å². The maximum absolute atomic E-state index is 10.4. The number of allylic oxidation sites excluding steroid dienone is 2. The molecule has 0 amide bonds. The molecule has 0 bridgehead atoms. The molecule has 2 unspecified atom stereocenters. The van der Waals surface area contributed by atoms with Crippen LogP contribution in [0.2, 0.25) is 0 Å². The first-order valence-corrected chi connectivity index (χ1v) is 13.0. The van der Waals surface area contributed by atoms with Gasteiger partial charge in [0.1, 0.15) is 0 Å². The van der Waals surface area contributed by atoms with E-state index in [4.69, 9.17) is 4.74 Å². The van der Waals surface area contributed by atoms with Crippen LogP contribution in [0.25, 0.3) is 0 Å². The van der Waals surface area contributed by atoms with Crippen molar-refractivity contribution >= 4 is 0 Å². The summed E-state index contributed by atoms with van der Waals surface area (Å²) in [6.07, 6.45) is 20.0. The van der Waals surface area contributed by atoms with Crippen LogP contribution in [0, 0.1) is 34.5 Å². The van der Waals surface area contributed by atoms with Crippen LogP contribution in [0.4, 0.5) is 0 Å². The number of aliphatic hydroxyl groups is 1. The number of aliphatic hydroxyl groups excluding tert-OH is 1. The van der Waals surface area contributed by atoms with Gasteiger partial charge in [-0.1, -0.05) is 57.8 Å². The Balaban J connectivity index is 1.51. The molecule has 1 N–H and O–H groups in total. The van der Waals surface area contributed by atoms with Crippen molar-refractivity contribution in [2.24, 2.45) is 34.5 Å². The minimum Gasteiger partial charge on any atom is -0.393 e. The summed E-state index contributed by atoms with van der Waals surface area (Å²) in [5.74, 6) is 3.05. The highest BCUT2D eigenvalue weighted by molar-refractivity contribution is 5.36. The first-order valence-electron chi connectivity index (χ1n) is 13.0. The summed E-state index contributed by atoms with van der Waals surface area (Å²) in [4.78, 5) is 0. The van der Waals surface area contributed by atoms with Crippen LogP contribution in [0.15, 0.2) is 23.3 Å². The summed E-state index contributed by atoms with van der Waals surface area (Å²) in [7, 11) is 1.98. The largest absolute Gasteiger partial charge is 0.393 e. The third-order valence-corrected chi connectivity index (χ3v) is 10.8. The Hall–Kier alpha value is -0.600. The second kappa shape index (κ2) is 7.48. The molecular formula is C28H44O2. The van der Waals surface area contributed by atoms with Crippen molar-refractivity contribution in [3.63, 3.8) is 0 Å². The fourth-order valence-electron chi connectivity index (χ4n) is 9.18. The van der Waals surface area contributed by atoms with Gasteiger partial charge in [-0.25, -0.2) is 0 Å². The van der Waals surface area contributed by atoms with E-state index < -0.39 is 0 Å². The minimum atomic E-state index is -0.111. The molecule has 168 valence electrons. The summed E-state index contributed by atoms with van der Waals surface area (Å²) in [5.41, 5.74) is 3.95. The second-order valence-corrected chi connectivity index (χ2v) is 11.9. The smallest absolute Gasteiger partial charge is 0.0893 e. The molecule has 0 aromatic carbocycles. The topological polar surface area (TPSA) is 29.5 Å². The molecule has 2 heteroatoms. The van der Waals surface area contributed by atoms with Gasteiger partial charge >= 0.3 is 0 Å². The minimum absolute atomic E-state index is 0.0187. The number of fused-ring (bicyclic) bond motifs is 5. The predicted octanol–water partition coefficient (Wildman–Crippen LogP) is 6.83. The van der Waals surface area contributed by atoms with Crippen LogP contribution in [0.1, 0.15) is 97.8 Å². The van der Waals surface area contributed by atoms with E-state index in [0.29, 0.717) is 16.7 Å². The highest BCUT2D eigenvalue weighted by Crippen LogP contribution is 2.68. The van der Waals surface area contributed by atoms with Gasteiger partial charge in [0.2, 0.25) is 0 Å². The monoisotopic (exact) mass is 412 g/mol. The molecule has 30 heavy (non-hydrogen) atoms. The lowest BCUT2D eigenvalue weighted by Gasteiger charge is -2.60. The molecule has 0 spiro atoms. The number of hydrogen-bond donors (Lipinski definition) is 1. The van der Waals surface area contributed by atoms with E-state index in [1.54, 1.807) is 11.1 Å². The van der Waals surface area contributed by atoms with E-state index in [9.17, 15) is 5.11 Å². The molecule has 3 fully saturated rings. The van der Waals surface area contributed by atoms with Crippen molar-refractivity contribution in [3.05, 3.63) is 23.3 Å². The zero-order valence-electron chi connectivity index (χ0n) is 19.9. The summed E-state index contributed by atoms with van der Waals surface area (Å²) in [6.45, 7) is 7.56. The van der Waals surface area contributed by atoms with Gasteiger partial charge in [-0.3, -0.25) is 0 Å². The van der Waals surface area contributed by atoms with Crippen molar-refractivity contribution in [2.45, 2.75) is 110 Å². The number of methoxy groups -OCH3 is 1. The van der Waals surface area contributed by atoms with Gasteiger partial charge in [-0.2, -0.15) is 0 Å². The average molecular weight is 413 g/mol. The third-order valence-electron chi connectivity index (χ3n) is 10.8. The Labute approximate surface area is 184 Å². The average Bonchev–Trinajstić information content (AvgIpc) is 3.12. The lowest BCUT2D eigenvalue weighted by atomic mass is 9.44. The van der Waals surface area contributed by atoms with Gasteiger partial charge in [0.25, 0.3) is 0 Å². The normalized spacial score (nSPS) is 47.6.